The third-order valence-corrected chi connectivity index (χ3v) is 6.43. The number of hydrogen-bond donors (Lipinski definition) is 2. The number of methoxy groups -OCH3 is 1. The first-order chi connectivity index (χ1) is 17.4. The molecule has 1 fully saturated rings. The maximum absolute atomic E-state index is 11.9. The molecule has 3 heterocycles. The van der Waals surface area contributed by atoms with E-state index < -0.39 is 6.04 Å². The first kappa shape index (κ1) is 25.5. The van der Waals surface area contributed by atoms with Crippen LogP contribution in [0.1, 0.15) is 18.1 Å². The molecule has 3 N–H and O–H groups in total. The number of nitrogens with one attached hydrogen (secondary N) is 1. The average molecular weight is 507 g/mol. The zero-order valence-electron chi connectivity index (χ0n) is 20.6. The molecule has 10 nitrogen and oxygen atoms in total. The van der Waals surface area contributed by atoms with E-state index in [1.165, 1.54) is 18.1 Å². The second-order valence-corrected chi connectivity index (χ2v) is 9.40. The Hall–Kier alpha value is -3.54. The van der Waals surface area contributed by atoms with E-state index in [2.05, 4.69) is 61.4 Å². The Morgan fingerprint density at radius 3 is 2.58 bits per heavy atom. The summed E-state index contributed by atoms with van der Waals surface area (Å²) in [5.74, 6) is 0.304. The highest BCUT2D eigenvalue weighted by Crippen LogP contribution is 2.37. The molecule has 1 aliphatic rings. The van der Waals surface area contributed by atoms with E-state index in [1.54, 1.807) is 14.0 Å². The van der Waals surface area contributed by atoms with Gasteiger partial charge in [-0.3, -0.25) is 10.1 Å². The van der Waals surface area contributed by atoms with Crippen LogP contribution in [0.3, 0.4) is 0 Å². The lowest BCUT2D eigenvalue weighted by Gasteiger charge is -2.35. The number of nitrogens with two attached hydrogens (primary N) is 1. The second-order valence-electron chi connectivity index (χ2n) is 8.41. The van der Waals surface area contributed by atoms with E-state index in [9.17, 15) is 4.79 Å². The molecule has 4 rings (SSSR count). The number of pyridine rings is 1. The number of carbonyl (C=O) groups excluding carboxylic acids is 1. The largest absolute Gasteiger partial charge is 0.479 e. The topological polar surface area (TPSA) is 122 Å². The molecule has 36 heavy (non-hydrogen) atoms. The van der Waals surface area contributed by atoms with Crippen LogP contribution in [0.2, 0.25) is 0 Å². The fourth-order valence-electron chi connectivity index (χ4n) is 3.64. The fourth-order valence-corrected chi connectivity index (χ4v) is 4.37. The Kier molecular flexibility index (Phi) is 8.47. The molecule has 1 amide bonds. The van der Waals surface area contributed by atoms with Gasteiger partial charge in [0.15, 0.2) is 5.16 Å². The van der Waals surface area contributed by atoms with E-state index >= 15 is 0 Å². The van der Waals surface area contributed by atoms with Crippen molar-refractivity contribution in [1.82, 2.24) is 24.8 Å². The highest BCUT2D eigenvalue weighted by Gasteiger charge is 2.23. The lowest BCUT2D eigenvalue weighted by atomic mass is 10.1. The van der Waals surface area contributed by atoms with E-state index in [-0.39, 0.29) is 11.9 Å². The minimum absolute atomic E-state index is 0.139. The summed E-state index contributed by atoms with van der Waals surface area (Å²) in [4.78, 5) is 33.9. The molecule has 2 aromatic heterocycles. The minimum Gasteiger partial charge on any atom is -0.479 e. The number of likely N-dealkylation sites (N-methyl/N-ethyl adjacent to an activating group) is 1. The van der Waals surface area contributed by atoms with Gasteiger partial charge in [0.2, 0.25) is 17.7 Å². The van der Waals surface area contributed by atoms with Crippen molar-refractivity contribution in [2.45, 2.75) is 23.1 Å². The summed E-state index contributed by atoms with van der Waals surface area (Å²) in [6, 6.07) is 11.5. The monoisotopic (exact) mass is 506 g/mol. The van der Waals surface area contributed by atoms with E-state index in [0.29, 0.717) is 16.1 Å². The van der Waals surface area contributed by atoms with Crippen molar-refractivity contribution in [1.29, 1.82) is 0 Å². The Labute approximate surface area is 215 Å². The summed E-state index contributed by atoms with van der Waals surface area (Å²) in [7, 11) is 3.76. The maximum Gasteiger partial charge on any atom is 0.243 e. The standard InChI is InChI=1S/C25H30N8O2S/c1-17(26)22(34)30-24-27-16-28-25(31-24)36-20-15-19(10-9-18-7-5-4-6-8-18)21(23(29-20)35-3)33-13-11-32(2)12-14-33/h4-10,15-17H,11-14,26H2,1-3H3,(H,27,28,30,31,34). The lowest BCUT2D eigenvalue weighted by Crippen LogP contribution is -2.45. The van der Waals surface area contributed by atoms with Crippen LogP contribution in [-0.4, -0.2) is 77.1 Å². The van der Waals surface area contributed by atoms with Gasteiger partial charge in [-0.05, 0) is 37.4 Å². The smallest absolute Gasteiger partial charge is 0.243 e. The van der Waals surface area contributed by atoms with Gasteiger partial charge in [0.1, 0.15) is 17.0 Å². The Bertz CT molecular complexity index is 1210. The SMILES string of the molecule is COc1nc(Sc2ncnc(NC(=O)C(C)N)n2)cc(C=Cc2ccccc2)c1N1CCN(C)CC1. The van der Waals surface area contributed by atoms with Gasteiger partial charge in [-0.15, -0.1) is 0 Å². The molecular formula is C25H30N8O2S. The van der Waals surface area contributed by atoms with Gasteiger partial charge in [0.25, 0.3) is 0 Å². The number of anilines is 2. The highest BCUT2D eigenvalue weighted by molar-refractivity contribution is 7.99. The van der Waals surface area contributed by atoms with Gasteiger partial charge in [0, 0.05) is 31.7 Å². The predicted octanol–water partition coefficient (Wildman–Crippen LogP) is 2.63. The molecule has 1 aromatic carbocycles. The number of aromatic nitrogens is 4. The van der Waals surface area contributed by atoms with Crippen LogP contribution in [0.15, 0.2) is 52.9 Å². The molecule has 0 spiro atoms. The molecule has 1 unspecified atom stereocenters. The number of rotatable bonds is 8. The van der Waals surface area contributed by atoms with Crippen LogP contribution in [0.25, 0.3) is 12.2 Å². The number of hydrogen-bond acceptors (Lipinski definition) is 10. The molecule has 3 aromatic rings. The Morgan fingerprint density at radius 1 is 1.14 bits per heavy atom. The van der Waals surface area contributed by atoms with Crippen LogP contribution in [-0.2, 0) is 4.79 Å². The fraction of sp³-hybridized carbons (Fsp3) is 0.320. The van der Waals surface area contributed by atoms with Crippen molar-refractivity contribution >= 4 is 41.5 Å². The highest BCUT2D eigenvalue weighted by atomic mass is 32.2. The molecule has 0 bridgehead atoms. The summed E-state index contributed by atoms with van der Waals surface area (Å²) in [6.45, 7) is 5.27. The number of piperazine rings is 1. The van der Waals surface area contributed by atoms with Gasteiger partial charge in [-0.2, -0.15) is 4.98 Å². The number of nitrogens with zero attached hydrogens (tertiary/aromatic N) is 6. The summed E-state index contributed by atoms with van der Waals surface area (Å²) in [5.41, 5.74) is 8.66. The van der Waals surface area contributed by atoms with Gasteiger partial charge in [-0.1, -0.05) is 42.5 Å². The van der Waals surface area contributed by atoms with Crippen LogP contribution in [0, 0.1) is 0 Å². The van der Waals surface area contributed by atoms with Crippen molar-refractivity contribution in [3.05, 3.63) is 53.9 Å². The first-order valence-corrected chi connectivity index (χ1v) is 12.4. The van der Waals surface area contributed by atoms with Gasteiger partial charge >= 0.3 is 0 Å². The second kappa shape index (κ2) is 11.9. The third-order valence-electron chi connectivity index (χ3n) is 5.63. The summed E-state index contributed by atoms with van der Waals surface area (Å²) in [6.07, 6.45) is 5.50. The average Bonchev–Trinajstić information content (AvgIpc) is 2.88. The lowest BCUT2D eigenvalue weighted by molar-refractivity contribution is -0.117. The molecule has 0 aliphatic carbocycles. The van der Waals surface area contributed by atoms with E-state index in [1.807, 2.05) is 24.3 Å². The summed E-state index contributed by atoms with van der Waals surface area (Å²) < 4.78 is 5.76. The van der Waals surface area contributed by atoms with E-state index in [4.69, 9.17) is 15.5 Å². The Balaban J connectivity index is 1.68. The number of ether oxygens (including phenoxy) is 1. The molecule has 188 valence electrons. The normalized spacial score (nSPS) is 15.2. The van der Waals surface area contributed by atoms with Crippen LogP contribution >= 0.6 is 11.8 Å². The Morgan fingerprint density at radius 2 is 1.89 bits per heavy atom. The zero-order valence-corrected chi connectivity index (χ0v) is 21.4. The molecule has 1 aliphatic heterocycles. The first-order valence-electron chi connectivity index (χ1n) is 11.6. The number of benzene rings is 1. The van der Waals surface area contributed by atoms with Gasteiger partial charge in [-0.25, -0.2) is 15.0 Å². The molecular weight excluding hydrogens is 476 g/mol. The van der Waals surface area contributed by atoms with Crippen LogP contribution in [0.5, 0.6) is 5.88 Å². The maximum atomic E-state index is 11.9. The van der Waals surface area contributed by atoms with Crippen molar-refractivity contribution in [3.63, 3.8) is 0 Å². The van der Waals surface area contributed by atoms with Crippen molar-refractivity contribution in [2.24, 2.45) is 5.73 Å². The minimum atomic E-state index is -0.676. The van der Waals surface area contributed by atoms with E-state index in [0.717, 1.165) is 43.0 Å². The summed E-state index contributed by atoms with van der Waals surface area (Å²) in [5, 5.41) is 3.64. The zero-order chi connectivity index (χ0) is 25.5. The number of amides is 1. The predicted molar refractivity (Wildman–Crippen MR) is 142 cm³/mol. The van der Waals surface area contributed by atoms with Crippen LogP contribution in [0.4, 0.5) is 11.6 Å². The molecule has 0 radical (unpaired) electrons. The quantitative estimate of drug-likeness (QED) is 0.471. The van der Waals surface area contributed by atoms with Crippen molar-refractivity contribution in [2.75, 3.05) is 50.6 Å². The van der Waals surface area contributed by atoms with Gasteiger partial charge in [0.05, 0.1) is 13.2 Å². The van der Waals surface area contributed by atoms with Gasteiger partial charge < -0.3 is 20.3 Å². The molecule has 1 atom stereocenters. The number of carbonyl (C=O) groups is 1. The van der Waals surface area contributed by atoms with Crippen molar-refractivity contribution < 1.29 is 9.53 Å². The van der Waals surface area contributed by atoms with Crippen molar-refractivity contribution in [3.8, 4) is 5.88 Å². The molecule has 0 saturated carbocycles. The van der Waals surface area contributed by atoms with Crippen LogP contribution < -0.4 is 20.7 Å². The molecule has 11 heteroatoms. The molecule has 1 saturated heterocycles. The third kappa shape index (κ3) is 6.56. The summed E-state index contributed by atoms with van der Waals surface area (Å²) >= 11 is 1.26.